The standard InChI is InChI=1S/C20H25BrN4O5/c1-3-5-11-24(16-17(22)25(10-4-2)20(29)23-18(16)27)15(26)12-30-19(28)13-6-8-14(21)9-7-13/h6-9H,3-5,10-12,22H2,1-2H3,(H,23,27,29). The van der Waals surface area contributed by atoms with Crippen LogP contribution in [0.15, 0.2) is 38.3 Å². The van der Waals surface area contributed by atoms with Crippen LogP contribution in [0.4, 0.5) is 11.5 Å². The Morgan fingerprint density at radius 1 is 1.17 bits per heavy atom. The van der Waals surface area contributed by atoms with Gasteiger partial charge in [-0.05, 0) is 37.1 Å². The lowest BCUT2D eigenvalue weighted by atomic mass is 10.2. The Morgan fingerprint density at radius 2 is 1.83 bits per heavy atom. The van der Waals surface area contributed by atoms with Crippen molar-refractivity contribution in [2.45, 2.75) is 39.7 Å². The number of nitrogens with one attached hydrogen (secondary N) is 1. The van der Waals surface area contributed by atoms with Crippen molar-refractivity contribution in [1.82, 2.24) is 9.55 Å². The monoisotopic (exact) mass is 480 g/mol. The minimum absolute atomic E-state index is 0.0886. The van der Waals surface area contributed by atoms with Gasteiger partial charge in [0, 0.05) is 17.6 Å². The molecule has 10 heteroatoms. The summed E-state index contributed by atoms with van der Waals surface area (Å²) < 4.78 is 7.15. The fraction of sp³-hybridized carbons (Fsp3) is 0.400. The summed E-state index contributed by atoms with van der Waals surface area (Å²) in [6.45, 7) is 3.72. The van der Waals surface area contributed by atoms with Crippen LogP contribution in [0.5, 0.6) is 0 Å². The maximum absolute atomic E-state index is 12.8. The number of rotatable bonds is 9. The number of esters is 1. The SMILES string of the molecule is CCCCN(C(=O)COC(=O)c1ccc(Br)cc1)c1c(N)n(CCC)c(=O)[nH]c1=O. The molecule has 0 unspecified atom stereocenters. The molecule has 0 aliphatic rings. The molecule has 0 saturated heterocycles. The number of nitrogens with two attached hydrogens (primary N) is 1. The number of carbonyl (C=O) groups is 2. The van der Waals surface area contributed by atoms with Crippen LogP contribution >= 0.6 is 15.9 Å². The fourth-order valence-electron chi connectivity index (χ4n) is 2.84. The van der Waals surface area contributed by atoms with Crippen molar-refractivity contribution >= 4 is 39.3 Å². The van der Waals surface area contributed by atoms with Crippen molar-refractivity contribution in [2.24, 2.45) is 0 Å². The van der Waals surface area contributed by atoms with Crippen molar-refractivity contribution in [3.8, 4) is 0 Å². The van der Waals surface area contributed by atoms with Crippen molar-refractivity contribution in [3.63, 3.8) is 0 Å². The zero-order valence-electron chi connectivity index (χ0n) is 16.9. The number of aromatic amines is 1. The fourth-order valence-corrected chi connectivity index (χ4v) is 3.10. The van der Waals surface area contributed by atoms with Gasteiger partial charge in [0.1, 0.15) is 5.82 Å². The second-order valence-electron chi connectivity index (χ2n) is 6.63. The topological polar surface area (TPSA) is 127 Å². The number of hydrogen-bond acceptors (Lipinski definition) is 6. The summed E-state index contributed by atoms with van der Waals surface area (Å²) in [5.74, 6) is -1.36. The molecule has 1 amide bonds. The normalized spacial score (nSPS) is 10.6. The van der Waals surface area contributed by atoms with Crippen LogP contribution in [0.1, 0.15) is 43.5 Å². The number of aromatic nitrogens is 2. The number of H-pyrrole nitrogens is 1. The van der Waals surface area contributed by atoms with Crippen molar-refractivity contribution < 1.29 is 14.3 Å². The minimum atomic E-state index is -0.756. The highest BCUT2D eigenvalue weighted by Crippen LogP contribution is 2.18. The maximum Gasteiger partial charge on any atom is 0.338 e. The third kappa shape index (κ3) is 5.59. The second kappa shape index (κ2) is 10.8. The number of unbranched alkanes of at least 4 members (excludes halogenated alkanes) is 1. The Kier molecular flexibility index (Phi) is 8.40. The van der Waals surface area contributed by atoms with E-state index >= 15 is 0 Å². The highest BCUT2D eigenvalue weighted by atomic mass is 79.9. The zero-order valence-corrected chi connectivity index (χ0v) is 18.5. The van der Waals surface area contributed by atoms with Gasteiger partial charge in [-0.15, -0.1) is 0 Å². The van der Waals surface area contributed by atoms with Crippen molar-refractivity contribution in [3.05, 3.63) is 55.1 Å². The number of nitrogens with zero attached hydrogens (tertiary/aromatic N) is 2. The number of halogens is 1. The van der Waals surface area contributed by atoms with E-state index in [9.17, 15) is 19.2 Å². The first-order chi connectivity index (χ1) is 14.3. The Bertz CT molecular complexity index is 1010. The van der Waals surface area contributed by atoms with Crippen LogP contribution in [0.2, 0.25) is 0 Å². The van der Waals surface area contributed by atoms with Crippen LogP contribution < -0.4 is 21.9 Å². The molecule has 0 spiro atoms. The van der Waals surface area contributed by atoms with Gasteiger partial charge < -0.3 is 15.4 Å². The largest absolute Gasteiger partial charge is 0.452 e. The van der Waals surface area contributed by atoms with Gasteiger partial charge in [-0.25, -0.2) is 9.59 Å². The van der Waals surface area contributed by atoms with Gasteiger partial charge in [0.05, 0.1) is 5.56 Å². The number of anilines is 2. The lowest BCUT2D eigenvalue weighted by Gasteiger charge is -2.24. The van der Waals surface area contributed by atoms with E-state index in [0.29, 0.717) is 24.9 Å². The van der Waals surface area contributed by atoms with E-state index in [1.807, 2.05) is 13.8 Å². The van der Waals surface area contributed by atoms with Crippen LogP contribution in [-0.2, 0) is 16.1 Å². The van der Waals surface area contributed by atoms with Crippen molar-refractivity contribution in [1.29, 1.82) is 0 Å². The number of nitrogen functional groups attached to an aromatic ring is 1. The third-order valence-corrected chi connectivity index (χ3v) is 4.90. The quantitative estimate of drug-likeness (QED) is 0.529. The van der Waals surface area contributed by atoms with Crippen LogP contribution in [0.25, 0.3) is 0 Å². The van der Waals surface area contributed by atoms with E-state index in [1.165, 1.54) is 9.47 Å². The molecule has 9 nitrogen and oxygen atoms in total. The minimum Gasteiger partial charge on any atom is -0.452 e. The van der Waals surface area contributed by atoms with E-state index in [-0.39, 0.29) is 18.1 Å². The summed E-state index contributed by atoms with van der Waals surface area (Å²) in [4.78, 5) is 53.0. The predicted octanol–water partition coefficient (Wildman–Crippen LogP) is 2.28. The summed E-state index contributed by atoms with van der Waals surface area (Å²) in [5.41, 5.74) is 4.87. The Morgan fingerprint density at radius 3 is 2.43 bits per heavy atom. The van der Waals surface area contributed by atoms with Crippen molar-refractivity contribution in [2.75, 3.05) is 23.8 Å². The Hall–Kier alpha value is -2.88. The number of benzene rings is 1. The lowest BCUT2D eigenvalue weighted by Crippen LogP contribution is -2.43. The lowest BCUT2D eigenvalue weighted by molar-refractivity contribution is -0.121. The van der Waals surface area contributed by atoms with Crippen LogP contribution in [0, 0.1) is 0 Å². The first kappa shape index (κ1) is 23.4. The Balaban J connectivity index is 2.29. The zero-order chi connectivity index (χ0) is 22.3. The van der Waals surface area contributed by atoms with Gasteiger partial charge in [0.25, 0.3) is 11.5 Å². The average molecular weight is 481 g/mol. The molecule has 0 bridgehead atoms. The van der Waals surface area contributed by atoms with E-state index < -0.39 is 29.7 Å². The predicted molar refractivity (Wildman–Crippen MR) is 118 cm³/mol. The molecule has 0 aliphatic heterocycles. The molecule has 2 rings (SSSR count). The van der Waals surface area contributed by atoms with Gasteiger partial charge in [0.15, 0.2) is 12.3 Å². The van der Waals surface area contributed by atoms with E-state index in [1.54, 1.807) is 24.3 Å². The number of carbonyl (C=O) groups excluding carboxylic acids is 2. The first-order valence-electron chi connectivity index (χ1n) is 9.65. The van der Waals surface area contributed by atoms with E-state index in [0.717, 1.165) is 10.9 Å². The first-order valence-corrected chi connectivity index (χ1v) is 10.4. The smallest absolute Gasteiger partial charge is 0.338 e. The second-order valence-corrected chi connectivity index (χ2v) is 7.54. The molecule has 1 heterocycles. The van der Waals surface area contributed by atoms with Gasteiger partial charge >= 0.3 is 11.7 Å². The molecule has 0 atom stereocenters. The number of ether oxygens (including phenoxy) is 1. The molecule has 1 aromatic heterocycles. The summed E-state index contributed by atoms with van der Waals surface area (Å²) in [6, 6.07) is 6.50. The molecule has 1 aromatic carbocycles. The summed E-state index contributed by atoms with van der Waals surface area (Å²) in [5, 5.41) is 0. The maximum atomic E-state index is 12.8. The van der Waals surface area contributed by atoms with Crippen LogP contribution in [-0.4, -0.2) is 34.6 Å². The summed E-state index contributed by atoms with van der Waals surface area (Å²) >= 11 is 3.28. The Labute approximate surface area is 182 Å². The van der Waals surface area contributed by atoms with Crippen LogP contribution in [0.3, 0.4) is 0 Å². The molecule has 3 N–H and O–H groups in total. The van der Waals surface area contributed by atoms with Gasteiger partial charge in [-0.2, -0.15) is 0 Å². The molecule has 0 radical (unpaired) electrons. The van der Waals surface area contributed by atoms with E-state index in [2.05, 4.69) is 20.9 Å². The van der Waals surface area contributed by atoms with Gasteiger partial charge in [0.2, 0.25) is 0 Å². The molecule has 0 fully saturated rings. The number of hydrogen-bond donors (Lipinski definition) is 2. The molecule has 30 heavy (non-hydrogen) atoms. The van der Waals surface area contributed by atoms with Gasteiger partial charge in [-0.3, -0.25) is 19.1 Å². The molecule has 162 valence electrons. The third-order valence-electron chi connectivity index (χ3n) is 4.37. The molecular formula is C20H25BrN4O5. The molecular weight excluding hydrogens is 456 g/mol. The van der Waals surface area contributed by atoms with Gasteiger partial charge in [-0.1, -0.05) is 36.2 Å². The van der Waals surface area contributed by atoms with E-state index in [4.69, 9.17) is 10.5 Å². The summed E-state index contributed by atoms with van der Waals surface area (Å²) in [6.07, 6.45) is 1.97. The summed E-state index contributed by atoms with van der Waals surface area (Å²) in [7, 11) is 0. The highest BCUT2D eigenvalue weighted by Gasteiger charge is 2.25. The molecule has 0 aliphatic carbocycles. The highest BCUT2D eigenvalue weighted by molar-refractivity contribution is 9.10. The molecule has 2 aromatic rings. The molecule has 0 saturated carbocycles. The number of amides is 1. The average Bonchev–Trinajstić information content (AvgIpc) is 2.71.